The number of hydrogen-bond acceptors (Lipinski definition) is 6. The molecule has 3 rings (SSSR count). The maximum absolute atomic E-state index is 12.8. The molecule has 9 heteroatoms. The van der Waals surface area contributed by atoms with E-state index in [9.17, 15) is 18.0 Å². The van der Waals surface area contributed by atoms with Crippen molar-refractivity contribution in [3.05, 3.63) is 70.8 Å². The van der Waals surface area contributed by atoms with Crippen LogP contribution in [0, 0.1) is 0 Å². The van der Waals surface area contributed by atoms with E-state index in [4.69, 9.17) is 0 Å². The van der Waals surface area contributed by atoms with Gasteiger partial charge in [0.15, 0.2) is 5.13 Å². The maximum atomic E-state index is 12.8. The van der Waals surface area contributed by atoms with Crippen molar-refractivity contribution in [2.24, 2.45) is 0 Å². The number of carbonyl (C=O) groups excluding carboxylic acids is 1. The van der Waals surface area contributed by atoms with Gasteiger partial charge in [-0.3, -0.25) is 4.79 Å². The molecule has 3 aromatic rings. The molecule has 2 heterocycles. The van der Waals surface area contributed by atoms with Gasteiger partial charge in [-0.25, -0.2) is 15.0 Å². The van der Waals surface area contributed by atoms with Gasteiger partial charge in [0.1, 0.15) is 6.33 Å². The molecule has 0 amide bonds. The summed E-state index contributed by atoms with van der Waals surface area (Å²) in [6.07, 6.45) is -0.125. The number of anilines is 1. The second-order valence-corrected chi connectivity index (χ2v) is 6.02. The minimum Gasteiger partial charge on any atom is -0.356 e. The van der Waals surface area contributed by atoms with E-state index in [0.29, 0.717) is 11.7 Å². The average molecular weight is 364 g/mol. The number of aromatic nitrogens is 3. The van der Waals surface area contributed by atoms with Crippen molar-refractivity contribution in [3.63, 3.8) is 0 Å². The first-order valence-corrected chi connectivity index (χ1v) is 7.91. The Labute approximate surface area is 144 Å². The number of alkyl halides is 3. The first kappa shape index (κ1) is 17.0. The molecule has 0 spiro atoms. The number of thiazole rings is 1. The number of hydrogen-bond donors (Lipinski definition) is 1. The van der Waals surface area contributed by atoms with Gasteiger partial charge in [-0.1, -0.05) is 23.5 Å². The Morgan fingerprint density at radius 3 is 2.76 bits per heavy atom. The van der Waals surface area contributed by atoms with E-state index in [0.717, 1.165) is 29.2 Å². The topological polar surface area (TPSA) is 67.8 Å². The van der Waals surface area contributed by atoms with Crippen LogP contribution in [0.5, 0.6) is 0 Å². The highest BCUT2D eigenvalue weighted by molar-refractivity contribution is 7.17. The molecule has 0 saturated heterocycles. The summed E-state index contributed by atoms with van der Waals surface area (Å²) in [6, 6.07) is 6.07. The SMILES string of the molecule is O=C(c1cccc(C(F)(F)F)c1)c1cnc(NCc2ccncn2)s1. The van der Waals surface area contributed by atoms with E-state index >= 15 is 0 Å². The Hall–Kier alpha value is -2.81. The van der Waals surface area contributed by atoms with E-state index in [1.807, 2.05) is 0 Å². The van der Waals surface area contributed by atoms with Crippen molar-refractivity contribution in [3.8, 4) is 0 Å². The normalized spacial score (nSPS) is 11.3. The lowest BCUT2D eigenvalue weighted by molar-refractivity contribution is -0.137. The van der Waals surface area contributed by atoms with Crippen molar-refractivity contribution < 1.29 is 18.0 Å². The number of nitrogens with zero attached hydrogens (tertiary/aromatic N) is 3. The van der Waals surface area contributed by atoms with Gasteiger partial charge >= 0.3 is 6.18 Å². The molecule has 0 radical (unpaired) electrons. The van der Waals surface area contributed by atoms with Gasteiger partial charge < -0.3 is 5.32 Å². The molecule has 0 saturated carbocycles. The molecule has 0 atom stereocenters. The molecule has 25 heavy (non-hydrogen) atoms. The summed E-state index contributed by atoms with van der Waals surface area (Å²) < 4.78 is 38.3. The van der Waals surface area contributed by atoms with Crippen molar-refractivity contribution in [2.75, 3.05) is 5.32 Å². The lowest BCUT2D eigenvalue weighted by atomic mass is 10.1. The Balaban J connectivity index is 1.72. The minimum absolute atomic E-state index is 0.0270. The monoisotopic (exact) mass is 364 g/mol. The maximum Gasteiger partial charge on any atom is 0.416 e. The molecule has 2 aromatic heterocycles. The van der Waals surface area contributed by atoms with Crippen LogP contribution in [0.15, 0.2) is 49.1 Å². The third-order valence-electron chi connectivity index (χ3n) is 3.25. The standard InChI is InChI=1S/C16H11F3N4OS/c17-16(18,19)11-3-1-2-10(6-11)14(24)13-8-22-15(25-13)21-7-12-4-5-20-9-23-12/h1-6,8-9H,7H2,(H,21,22). The van der Waals surface area contributed by atoms with Crippen LogP contribution in [-0.4, -0.2) is 20.7 Å². The number of rotatable bonds is 5. The van der Waals surface area contributed by atoms with E-state index in [2.05, 4.69) is 20.3 Å². The van der Waals surface area contributed by atoms with Crippen molar-refractivity contribution in [1.82, 2.24) is 15.0 Å². The first-order chi connectivity index (χ1) is 11.9. The minimum atomic E-state index is -4.49. The second-order valence-electron chi connectivity index (χ2n) is 4.99. The Bertz CT molecular complexity index is 880. The lowest BCUT2D eigenvalue weighted by Crippen LogP contribution is -2.07. The predicted octanol–water partition coefficient (Wildman–Crippen LogP) is 3.80. The van der Waals surface area contributed by atoms with Gasteiger partial charge in [-0.15, -0.1) is 0 Å². The summed E-state index contributed by atoms with van der Waals surface area (Å²) in [5.74, 6) is -0.501. The Morgan fingerprint density at radius 1 is 1.20 bits per heavy atom. The fourth-order valence-electron chi connectivity index (χ4n) is 2.03. The van der Waals surface area contributed by atoms with E-state index in [1.54, 1.807) is 12.3 Å². The van der Waals surface area contributed by atoms with Crippen LogP contribution < -0.4 is 5.32 Å². The number of halogens is 3. The zero-order valence-corrected chi connectivity index (χ0v) is 13.4. The molecule has 0 bridgehead atoms. The van der Waals surface area contributed by atoms with Crippen LogP contribution in [0.2, 0.25) is 0 Å². The lowest BCUT2D eigenvalue weighted by Gasteiger charge is -2.07. The molecule has 128 valence electrons. The number of carbonyl (C=O) groups is 1. The Kier molecular flexibility index (Phi) is 4.75. The van der Waals surface area contributed by atoms with Gasteiger partial charge in [0.2, 0.25) is 5.78 Å². The highest BCUT2D eigenvalue weighted by atomic mass is 32.1. The molecule has 0 aliphatic rings. The fourth-order valence-corrected chi connectivity index (χ4v) is 2.80. The van der Waals surface area contributed by atoms with Gasteiger partial charge in [0.25, 0.3) is 0 Å². The third-order valence-corrected chi connectivity index (χ3v) is 4.20. The number of nitrogens with one attached hydrogen (secondary N) is 1. The molecular formula is C16H11F3N4OS. The number of ketones is 1. The van der Waals surface area contributed by atoms with Crippen molar-refractivity contribution >= 4 is 22.3 Å². The quantitative estimate of drug-likeness (QED) is 0.698. The average Bonchev–Trinajstić information content (AvgIpc) is 3.08. The van der Waals surface area contributed by atoms with Gasteiger partial charge in [-0.2, -0.15) is 13.2 Å². The van der Waals surface area contributed by atoms with Gasteiger partial charge in [0.05, 0.1) is 28.9 Å². The molecule has 1 aromatic carbocycles. The first-order valence-electron chi connectivity index (χ1n) is 7.10. The second kappa shape index (κ2) is 6.98. The summed E-state index contributed by atoms with van der Waals surface area (Å²) in [5, 5.41) is 3.49. The fraction of sp³-hybridized carbons (Fsp3) is 0.125. The molecular weight excluding hydrogens is 353 g/mol. The van der Waals surface area contributed by atoms with Crippen LogP contribution >= 0.6 is 11.3 Å². The molecule has 0 aliphatic carbocycles. The van der Waals surface area contributed by atoms with Gasteiger partial charge in [-0.05, 0) is 18.2 Å². The highest BCUT2D eigenvalue weighted by Crippen LogP contribution is 2.30. The van der Waals surface area contributed by atoms with Crippen LogP contribution in [-0.2, 0) is 12.7 Å². The smallest absolute Gasteiger partial charge is 0.356 e. The van der Waals surface area contributed by atoms with Gasteiger partial charge in [0, 0.05) is 11.8 Å². The number of benzene rings is 1. The van der Waals surface area contributed by atoms with Crippen LogP contribution in [0.4, 0.5) is 18.3 Å². The Morgan fingerprint density at radius 2 is 2.04 bits per heavy atom. The van der Waals surface area contributed by atoms with Crippen LogP contribution in [0.3, 0.4) is 0 Å². The summed E-state index contributed by atoms with van der Waals surface area (Å²) in [7, 11) is 0. The highest BCUT2D eigenvalue weighted by Gasteiger charge is 2.31. The van der Waals surface area contributed by atoms with E-state index < -0.39 is 17.5 Å². The van der Waals surface area contributed by atoms with Crippen molar-refractivity contribution in [1.29, 1.82) is 0 Å². The summed E-state index contributed by atoms with van der Waals surface area (Å²) in [5.41, 5.74) is -0.137. The zero-order chi connectivity index (χ0) is 17.9. The zero-order valence-electron chi connectivity index (χ0n) is 12.6. The third kappa shape index (κ3) is 4.18. The summed E-state index contributed by atoms with van der Waals surface area (Å²) in [4.78, 5) is 24.5. The molecule has 0 fully saturated rings. The van der Waals surface area contributed by atoms with Crippen molar-refractivity contribution in [2.45, 2.75) is 12.7 Å². The van der Waals surface area contributed by atoms with Crippen LogP contribution in [0.25, 0.3) is 0 Å². The molecule has 0 unspecified atom stereocenters. The van der Waals surface area contributed by atoms with Crippen LogP contribution in [0.1, 0.15) is 26.5 Å². The molecule has 0 aliphatic heterocycles. The largest absolute Gasteiger partial charge is 0.416 e. The summed E-state index contributed by atoms with van der Waals surface area (Å²) in [6.45, 7) is 0.396. The summed E-state index contributed by atoms with van der Waals surface area (Å²) >= 11 is 1.07. The van der Waals surface area contributed by atoms with E-state index in [1.165, 1.54) is 24.7 Å². The molecule has 1 N–H and O–H groups in total. The van der Waals surface area contributed by atoms with E-state index in [-0.39, 0.29) is 10.4 Å². The molecule has 5 nitrogen and oxygen atoms in total. The predicted molar refractivity (Wildman–Crippen MR) is 86.3 cm³/mol.